The molecule has 13 heavy (non-hydrogen) atoms. The quantitative estimate of drug-likeness (QED) is 0.681. The number of aryl methyl sites for hydroxylation is 2. The molecule has 2 N–H and O–H groups in total. The molecule has 2 heteroatoms. The third-order valence-corrected chi connectivity index (χ3v) is 4.23. The van der Waals surface area contributed by atoms with Gasteiger partial charge in [-0.1, -0.05) is 6.07 Å². The van der Waals surface area contributed by atoms with Crippen molar-refractivity contribution in [3.8, 4) is 0 Å². The van der Waals surface area contributed by atoms with Crippen LogP contribution in [0.3, 0.4) is 0 Å². The smallest absolute Gasteiger partial charge is 0.0401 e. The maximum atomic E-state index is 6.02. The van der Waals surface area contributed by atoms with Gasteiger partial charge in [-0.25, -0.2) is 0 Å². The summed E-state index contributed by atoms with van der Waals surface area (Å²) in [4.78, 5) is 1.44. The predicted octanol–water partition coefficient (Wildman–Crippen LogP) is 2.28. The van der Waals surface area contributed by atoms with E-state index in [9.17, 15) is 0 Å². The Morgan fingerprint density at radius 3 is 2.85 bits per heavy atom. The first-order valence-corrected chi connectivity index (χ1v) is 5.87. The van der Waals surface area contributed by atoms with Crippen LogP contribution in [0.2, 0.25) is 0 Å². The van der Waals surface area contributed by atoms with Crippen LogP contribution >= 0.6 is 11.8 Å². The van der Waals surface area contributed by atoms with E-state index in [2.05, 4.69) is 12.1 Å². The average molecular weight is 191 g/mol. The number of thioether (sulfide) groups is 1. The van der Waals surface area contributed by atoms with Gasteiger partial charge in [-0.05, 0) is 42.0 Å². The molecule has 1 aliphatic carbocycles. The second-order valence-electron chi connectivity index (χ2n) is 3.93. The van der Waals surface area contributed by atoms with Gasteiger partial charge in [0, 0.05) is 16.7 Å². The Bertz CT molecular complexity index is 359. The van der Waals surface area contributed by atoms with Crippen molar-refractivity contribution in [2.75, 3.05) is 5.75 Å². The number of benzene rings is 1. The minimum atomic E-state index is 0.283. The van der Waals surface area contributed by atoms with Crippen molar-refractivity contribution in [3.05, 3.63) is 28.8 Å². The van der Waals surface area contributed by atoms with Crippen molar-refractivity contribution in [1.82, 2.24) is 0 Å². The van der Waals surface area contributed by atoms with Crippen molar-refractivity contribution in [2.24, 2.45) is 5.73 Å². The summed E-state index contributed by atoms with van der Waals surface area (Å²) in [6.07, 6.45) is 3.87. The molecule has 3 rings (SSSR count). The highest BCUT2D eigenvalue weighted by molar-refractivity contribution is 7.99. The molecule has 0 aromatic heterocycles. The zero-order valence-corrected chi connectivity index (χ0v) is 8.36. The minimum absolute atomic E-state index is 0.283. The number of hydrogen-bond acceptors (Lipinski definition) is 2. The van der Waals surface area contributed by atoms with E-state index in [1.165, 1.54) is 29.7 Å². The molecule has 0 bridgehead atoms. The third kappa shape index (κ3) is 1.12. The lowest BCUT2D eigenvalue weighted by Crippen LogP contribution is -2.08. The molecule has 1 nitrogen and oxygen atoms in total. The lowest BCUT2D eigenvalue weighted by atomic mass is 10.0. The summed E-state index contributed by atoms with van der Waals surface area (Å²) in [5.74, 6) is 1.07. The highest BCUT2D eigenvalue weighted by Gasteiger charge is 2.23. The molecule has 1 aliphatic heterocycles. The summed E-state index contributed by atoms with van der Waals surface area (Å²) in [6.45, 7) is 0. The first kappa shape index (κ1) is 7.89. The molecule has 68 valence electrons. The summed E-state index contributed by atoms with van der Waals surface area (Å²) < 4.78 is 0. The van der Waals surface area contributed by atoms with Gasteiger partial charge in [-0.2, -0.15) is 0 Å². The summed E-state index contributed by atoms with van der Waals surface area (Å²) in [5.41, 5.74) is 10.5. The maximum absolute atomic E-state index is 6.02. The second-order valence-corrected chi connectivity index (χ2v) is 4.99. The summed E-state index contributed by atoms with van der Waals surface area (Å²) >= 11 is 1.92. The number of rotatable bonds is 0. The topological polar surface area (TPSA) is 26.0 Å². The van der Waals surface area contributed by atoms with E-state index in [1.807, 2.05) is 11.8 Å². The van der Waals surface area contributed by atoms with Crippen molar-refractivity contribution in [3.63, 3.8) is 0 Å². The fourth-order valence-electron chi connectivity index (χ4n) is 2.30. The van der Waals surface area contributed by atoms with Crippen LogP contribution < -0.4 is 5.73 Å². The van der Waals surface area contributed by atoms with Crippen molar-refractivity contribution in [2.45, 2.75) is 30.2 Å². The van der Waals surface area contributed by atoms with Gasteiger partial charge >= 0.3 is 0 Å². The fourth-order valence-corrected chi connectivity index (χ4v) is 3.45. The van der Waals surface area contributed by atoms with Crippen molar-refractivity contribution < 1.29 is 0 Å². The third-order valence-electron chi connectivity index (χ3n) is 3.04. The molecule has 0 spiro atoms. The Hall–Kier alpha value is -0.470. The van der Waals surface area contributed by atoms with Crippen LogP contribution in [0.15, 0.2) is 17.0 Å². The van der Waals surface area contributed by atoms with Gasteiger partial charge in [0.05, 0.1) is 0 Å². The number of nitrogens with two attached hydrogens (primary N) is 1. The van der Waals surface area contributed by atoms with Gasteiger partial charge in [0.1, 0.15) is 0 Å². The van der Waals surface area contributed by atoms with Gasteiger partial charge < -0.3 is 5.73 Å². The standard InChI is InChI=1S/C11H13NS/c12-10-6-13-11-5-8-3-1-2-7(8)4-9(10)11/h4-5,10H,1-3,6,12H2. The van der Waals surface area contributed by atoms with Crippen LogP contribution in [0, 0.1) is 0 Å². The van der Waals surface area contributed by atoms with E-state index in [0.717, 1.165) is 5.75 Å². The Labute approximate surface area is 82.7 Å². The number of fused-ring (bicyclic) bond motifs is 2. The average Bonchev–Trinajstić information content (AvgIpc) is 2.70. The molecule has 1 atom stereocenters. The highest BCUT2D eigenvalue weighted by Crippen LogP contribution is 2.40. The molecule has 0 saturated carbocycles. The minimum Gasteiger partial charge on any atom is -0.323 e. The van der Waals surface area contributed by atoms with Gasteiger partial charge in [0.25, 0.3) is 0 Å². The van der Waals surface area contributed by atoms with Crippen LogP contribution in [0.25, 0.3) is 0 Å². The van der Waals surface area contributed by atoms with E-state index in [1.54, 1.807) is 11.1 Å². The normalized spacial score (nSPS) is 24.5. The van der Waals surface area contributed by atoms with E-state index in [4.69, 9.17) is 5.73 Å². The van der Waals surface area contributed by atoms with Crippen molar-refractivity contribution in [1.29, 1.82) is 0 Å². The van der Waals surface area contributed by atoms with E-state index >= 15 is 0 Å². The van der Waals surface area contributed by atoms with Crippen LogP contribution in [0.4, 0.5) is 0 Å². The SMILES string of the molecule is NC1CSc2cc3c(cc21)CCC3. The van der Waals surface area contributed by atoms with Gasteiger partial charge in [0.2, 0.25) is 0 Å². The molecule has 1 aromatic rings. The molecule has 1 aromatic carbocycles. The maximum Gasteiger partial charge on any atom is 0.0401 e. The molecule has 1 heterocycles. The summed E-state index contributed by atoms with van der Waals surface area (Å²) in [7, 11) is 0. The van der Waals surface area contributed by atoms with Crippen molar-refractivity contribution >= 4 is 11.8 Å². The summed E-state index contributed by atoms with van der Waals surface area (Å²) in [6, 6.07) is 5.00. The monoisotopic (exact) mass is 191 g/mol. The highest BCUT2D eigenvalue weighted by atomic mass is 32.2. The molecule has 0 radical (unpaired) electrons. The van der Waals surface area contributed by atoms with E-state index < -0.39 is 0 Å². The molecular weight excluding hydrogens is 178 g/mol. The zero-order chi connectivity index (χ0) is 8.84. The van der Waals surface area contributed by atoms with Crippen LogP contribution in [-0.2, 0) is 12.8 Å². The lowest BCUT2D eigenvalue weighted by molar-refractivity contribution is 0.830. The van der Waals surface area contributed by atoms with Gasteiger partial charge in [-0.15, -0.1) is 11.8 Å². The first-order chi connectivity index (χ1) is 6.34. The Balaban J connectivity index is 2.16. The van der Waals surface area contributed by atoms with Gasteiger partial charge in [-0.3, -0.25) is 0 Å². The largest absolute Gasteiger partial charge is 0.323 e. The molecule has 0 fully saturated rings. The molecule has 0 amide bonds. The predicted molar refractivity (Wildman–Crippen MR) is 56.1 cm³/mol. The van der Waals surface area contributed by atoms with Crippen LogP contribution in [0.5, 0.6) is 0 Å². The van der Waals surface area contributed by atoms with E-state index in [0.29, 0.717) is 0 Å². The lowest BCUT2D eigenvalue weighted by Gasteiger charge is -2.06. The fraction of sp³-hybridized carbons (Fsp3) is 0.455. The second kappa shape index (κ2) is 2.76. The molecule has 0 saturated heterocycles. The Morgan fingerprint density at radius 2 is 2.00 bits per heavy atom. The van der Waals surface area contributed by atoms with Crippen LogP contribution in [-0.4, -0.2) is 5.75 Å². The number of hydrogen-bond donors (Lipinski definition) is 1. The summed E-state index contributed by atoms with van der Waals surface area (Å²) in [5, 5.41) is 0. The molecular formula is C11H13NS. The Kier molecular flexibility index (Phi) is 1.67. The molecule has 1 unspecified atom stereocenters. The zero-order valence-electron chi connectivity index (χ0n) is 7.55. The molecule has 2 aliphatic rings. The Morgan fingerprint density at radius 1 is 1.23 bits per heavy atom. The van der Waals surface area contributed by atoms with Gasteiger partial charge in [0.15, 0.2) is 0 Å². The van der Waals surface area contributed by atoms with Crippen LogP contribution in [0.1, 0.15) is 29.2 Å². The first-order valence-electron chi connectivity index (χ1n) is 4.88. The van der Waals surface area contributed by atoms with E-state index in [-0.39, 0.29) is 6.04 Å².